The van der Waals surface area contributed by atoms with Crippen LogP contribution in [0.3, 0.4) is 0 Å². The first-order chi connectivity index (χ1) is 6.13. The van der Waals surface area contributed by atoms with Gasteiger partial charge < -0.3 is 0 Å². The van der Waals surface area contributed by atoms with Crippen molar-refractivity contribution in [2.24, 2.45) is 5.41 Å². The lowest BCUT2D eigenvalue weighted by Crippen LogP contribution is -2.41. The largest absolute Gasteiger partial charge is 0.298 e. The zero-order valence-electron chi connectivity index (χ0n) is 7.85. The van der Waals surface area contributed by atoms with Gasteiger partial charge in [0.1, 0.15) is 0 Å². The van der Waals surface area contributed by atoms with Gasteiger partial charge in [-0.25, -0.2) is 0 Å². The molecule has 0 aromatic carbocycles. The quantitative estimate of drug-likeness (QED) is 0.647. The predicted octanol–water partition coefficient (Wildman–Crippen LogP) is 2.77. The van der Waals surface area contributed by atoms with Crippen LogP contribution in [0.2, 0.25) is 0 Å². The van der Waals surface area contributed by atoms with Gasteiger partial charge in [0.05, 0.1) is 0 Å². The minimum Gasteiger partial charge on any atom is -0.298 e. The molecule has 0 aromatic rings. The van der Waals surface area contributed by atoms with Crippen LogP contribution in [0.25, 0.3) is 0 Å². The molecule has 1 fully saturated rings. The van der Waals surface area contributed by atoms with E-state index >= 15 is 0 Å². The molecule has 0 bridgehead atoms. The molecule has 1 rings (SSSR count). The molecule has 0 spiro atoms. The van der Waals surface area contributed by atoms with Crippen LogP contribution in [0.15, 0.2) is 0 Å². The Balaban J connectivity index is 2.93. The molecule has 1 aliphatic carbocycles. The van der Waals surface area contributed by atoms with Crippen molar-refractivity contribution in [1.29, 1.82) is 0 Å². The molecular formula is C8H11F3O2S. The topological polar surface area (TPSA) is 34.1 Å². The molecule has 2 nitrogen and oxygen atoms in total. The molecule has 1 aliphatic rings. The number of carbonyl (C=O) groups is 2. The van der Waals surface area contributed by atoms with Gasteiger partial charge in [0.15, 0.2) is 16.8 Å². The van der Waals surface area contributed by atoms with Crippen LogP contribution in [-0.4, -0.2) is 16.8 Å². The lowest BCUT2D eigenvalue weighted by Gasteiger charge is -2.33. The third kappa shape index (κ3) is 2.29. The summed E-state index contributed by atoms with van der Waals surface area (Å²) in [6.07, 6.45) is -0.314. The maximum absolute atomic E-state index is 12.3. The fourth-order valence-corrected chi connectivity index (χ4v) is 2.43. The van der Waals surface area contributed by atoms with Crippen molar-refractivity contribution >= 4 is 22.8 Å². The van der Waals surface area contributed by atoms with Gasteiger partial charge >= 0.3 is 0 Å². The van der Waals surface area contributed by atoms with Gasteiger partial charge in [-0.1, -0.05) is 13.8 Å². The molecule has 14 heavy (non-hydrogen) atoms. The number of halogens is 3. The van der Waals surface area contributed by atoms with E-state index in [4.69, 9.17) is 0 Å². The number of rotatable bonds is 1. The second-order valence-electron chi connectivity index (χ2n) is 4.27. The van der Waals surface area contributed by atoms with E-state index in [1.807, 2.05) is 0 Å². The summed E-state index contributed by atoms with van der Waals surface area (Å²) >= 11 is -5.57. The van der Waals surface area contributed by atoms with Crippen molar-refractivity contribution in [3.63, 3.8) is 0 Å². The van der Waals surface area contributed by atoms with Crippen molar-refractivity contribution in [1.82, 2.24) is 0 Å². The van der Waals surface area contributed by atoms with Crippen LogP contribution in [0.5, 0.6) is 0 Å². The zero-order valence-corrected chi connectivity index (χ0v) is 8.67. The maximum Gasteiger partial charge on any atom is 0.226 e. The predicted molar refractivity (Wildman–Crippen MR) is 47.7 cm³/mol. The molecule has 1 saturated carbocycles. The molecule has 82 valence electrons. The lowest BCUT2D eigenvalue weighted by atomic mass is 9.76. The molecule has 0 atom stereocenters. The number of ketones is 2. The first kappa shape index (κ1) is 11.6. The fraction of sp³-hybridized carbons (Fsp3) is 0.750. The Labute approximate surface area is 82.1 Å². The van der Waals surface area contributed by atoms with Crippen LogP contribution < -0.4 is 0 Å². The van der Waals surface area contributed by atoms with Gasteiger partial charge in [0.2, 0.25) is 11.2 Å². The van der Waals surface area contributed by atoms with E-state index < -0.39 is 33.4 Å². The van der Waals surface area contributed by atoms with Gasteiger partial charge in [0.25, 0.3) is 0 Å². The van der Waals surface area contributed by atoms with Crippen LogP contribution in [0.4, 0.5) is 11.7 Å². The summed E-state index contributed by atoms with van der Waals surface area (Å²) in [6, 6.07) is 0. The highest BCUT2D eigenvalue weighted by Gasteiger charge is 2.50. The highest BCUT2D eigenvalue weighted by atomic mass is 32.3. The summed E-state index contributed by atoms with van der Waals surface area (Å²) in [5, 5.41) is -2.30. The SMILES string of the molecule is CC1(C)CC(=O)C(S(F)(F)F)C(=O)C1. The van der Waals surface area contributed by atoms with Gasteiger partial charge in [-0.2, -0.15) is 0 Å². The van der Waals surface area contributed by atoms with Crippen molar-refractivity contribution in [2.45, 2.75) is 31.9 Å². The fourth-order valence-electron chi connectivity index (χ4n) is 1.67. The molecule has 0 saturated heterocycles. The van der Waals surface area contributed by atoms with Crippen LogP contribution in [0.1, 0.15) is 26.7 Å². The molecule has 0 aliphatic heterocycles. The Morgan fingerprint density at radius 3 is 1.79 bits per heavy atom. The van der Waals surface area contributed by atoms with Crippen LogP contribution >= 0.6 is 11.2 Å². The normalized spacial score (nSPS) is 25.2. The number of carbonyl (C=O) groups excluding carboxylic acids is 2. The second kappa shape index (κ2) is 3.25. The highest BCUT2D eigenvalue weighted by molar-refractivity contribution is 8.22. The number of hydrogen-bond donors (Lipinski definition) is 0. The van der Waals surface area contributed by atoms with Crippen LogP contribution in [0, 0.1) is 5.41 Å². The molecule has 0 amide bonds. The standard InChI is InChI=1S/C8H11F3O2S/c1-8(2)3-5(12)7(6(13)4-8)14(9,10)11/h7H,3-4H2,1-2H3. The summed E-state index contributed by atoms with van der Waals surface area (Å²) in [6.45, 7) is 3.26. The maximum atomic E-state index is 12.3. The smallest absolute Gasteiger partial charge is 0.226 e. The van der Waals surface area contributed by atoms with Gasteiger partial charge in [-0.3, -0.25) is 9.59 Å². The first-order valence-electron chi connectivity index (χ1n) is 4.10. The Morgan fingerprint density at radius 2 is 1.50 bits per heavy atom. The van der Waals surface area contributed by atoms with E-state index in [2.05, 4.69) is 0 Å². The van der Waals surface area contributed by atoms with E-state index in [0.29, 0.717) is 0 Å². The van der Waals surface area contributed by atoms with E-state index in [1.165, 1.54) is 0 Å². The summed E-state index contributed by atoms with van der Waals surface area (Å²) in [7, 11) is 0. The molecule has 0 aromatic heterocycles. The minimum absolute atomic E-state index is 0.157. The van der Waals surface area contributed by atoms with Crippen molar-refractivity contribution in [3.05, 3.63) is 0 Å². The van der Waals surface area contributed by atoms with Gasteiger partial charge in [-0.15, -0.1) is 11.7 Å². The van der Waals surface area contributed by atoms with Crippen LogP contribution in [-0.2, 0) is 9.59 Å². The number of hydrogen-bond acceptors (Lipinski definition) is 2. The van der Waals surface area contributed by atoms with E-state index in [-0.39, 0.29) is 12.8 Å². The van der Waals surface area contributed by atoms with Crippen molar-refractivity contribution in [3.8, 4) is 0 Å². The highest BCUT2D eigenvalue weighted by Crippen LogP contribution is 2.60. The zero-order chi connectivity index (χ0) is 11.1. The molecule has 0 unspecified atom stereocenters. The Kier molecular flexibility index (Phi) is 2.69. The molecule has 6 heteroatoms. The monoisotopic (exact) mass is 228 g/mol. The summed E-state index contributed by atoms with van der Waals surface area (Å²) in [4.78, 5) is 22.3. The second-order valence-corrected chi connectivity index (χ2v) is 5.63. The molecule has 0 radical (unpaired) electrons. The summed E-state index contributed by atoms with van der Waals surface area (Å²) < 4.78 is 37.0. The average Bonchev–Trinajstić information content (AvgIpc) is 1.75. The minimum atomic E-state index is -5.57. The van der Waals surface area contributed by atoms with E-state index in [1.54, 1.807) is 13.8 Å². The summed E-state index contributed by atoms with van der Waals surface area (Å²) in [5.41, 5.74) is -0.616. The Hall–Kier alpha value is -0.520. The molecule has 0 N–H and O–H groups in total. The average molecular weight is 228 g/mol. The van der Waals surface area contributed by atoms with Crippen molar-refractivity contribution < 1.29 is 21.2 Å². The van der Waals surface area contributed by atoms with E-state index in [9.17, 15) is 21.2 Å². The lowest BCUT2D eigenvalue weighted by molar-refractivity contribution is -0.132. The van der Waals surface area contributed by atoms with Gasteiger partial charge in [0, 0.05) is 12.8 Å². The molecule has 0 heterocycles. The first-order valence-corrected chi connectivity index (χ1v) is 5.50. The van der Waals surface area contributed by atoms with E-state index in [0.717, 1.165) is 0 Å². The Bertz CT molecular complexity index is 263. The number of Topliss-reactive ketones (excluding diaryl/α,β-unsaturated/α-hetero) is 2. The third-order valence-electron chi connectivity index (χ3n) is 2.16. The Morgan fingerprint density at radius 1 is 1.14 bits per heavy atom. The van der Waals surface area contributed by atoms with Gasteiger partial charge in [-0.05, 0) is 5.41 Å². The van der Waals surface area contributed by atoms with Crippen molar-refractivity contribution in [2.75, 3.05) is 0 Å². The third-order valence-corrected chi connectivity index (χ3v) is 3.22. The summed E-state index contributed by atoms with van der Waals surface area (Å²) in [5.74, 6) is -1.93. The molecular weight excluding hydrogens is 217 g/mol.